The van der Waals surface area contributed by atoms with Gasteiger partial charge >= 0.3 is 0 Å². The predicted molar refractivity (Wildman–Crippen MR) is 62.5 cm³/mol. The maximum atomic E-state index is 2.62. The summed E-state index contributed by atoms with van der Waals surface area (Å²) in [7, 11) is 0. The Hall–Kier alpha value is -1.08. The van der Waals surface area contributed by atoms with Gasteiger partial charge in [-0.25, -0.2) is 0 Å². The van der Waals surface area contributed by atoms with Crippen molar-refractivity contribution in [2.75, 3.05) is 0 Å². The van der Waals surface area contributed by atoms with E-state index in [0.29, 0.717) is 6.04 Å². The van der Waals surface area contributed by atoms with Gasteiger partial charge in [-0.15, -0.1) is 0 Å². The zero-order valence-corrected chi connectivity index (χ0v) is 9.13. The van der Waals surface area contributed by atoms with Gasteiger partial charge in [0, 0.05) is 18.6 Å². The van der Waals surface area contributed by atoms with E-state index >= 15 is 0 Å². The molecule has 1 aromatic rings. The van der Waals surface area contributed by atoms with Gasteiger partial charge < -0.3 is 0 Å². The molecule has 0 amide bonds. The van der Waals surface area contributed by atoms with Gasteiger partial charge in [-0.05, 0) is 24.8 Å². The van der Waals surface area contributed by atoms with Crippen LogP contribution in [0.1, 0.15) is 18.9 Å². The molecule has 0 N–H and O–H groups in total. The average molecular weight is 199 g/mol. The topological polar surface area (TPSA) is 3.24 Å². The second-order valence-corrected chi connectivity index (χ2v) is 4.75. The SMILES string of the molecule is C[C@H]1C2C=C[C@@H](C2)N1Cc1ccccc1. The molecule has 0 spiro atoms. The third-order valence-corrected chi connectivity index (χ3v) is 3.87. The second-order valence-electron chi connectivity index (χ2n) is 4.75. The van der Waals surface area contributed by atoms with Crippen LogP contribution in [0, 0.1) is 5.92 Å². The van der Waals surface area contributed by atoms with Gasteiger partial charge in [0.2, 0.25) is 0 Å². The first-order valence-corrected chi connectivity index (χ1v) is 5.82. The minimum atomic E-state index is 0.699. The van der Waals surface area contributed by atoms with Crippen LogP contribution in [0.2, 0.25) is 0 Å². The normalized spacial score (nSPS) is 33.8. The molecule has 1 aromatic carbocycles. The van der Waals surface area contributed by atoms with E-state index in [1.807, 2.05) is 0 Å². The number of rotatable bonds is 2. The molecule has 1 fully saturated rings. The van der Waals surface area contributed by atoms with Crippen LogP contribution >= 0.6 is 0 Å². The molecule has 1 heteroatoms. The number of hydrogen-bond donors (Lipinski definition) is 0. The van der Waals surface area contributed by atoms with E-state index in [4.69, 9.17) is 0 Å². The molecule has 1 heterocycles. The van der Waals surface area contributed by atoms with Crippen molar-refractivity contribution in [2.24, 2.45) is 5.92 Å². The number of fused-ring (bicyclic) bond motifs is 2. The van der Waals surface area contributed by atoms with Crippen molar-refractivity contribution < 1.29 is 0 Å². The van der Waals surface area contributed by atoms with Gasteiger partial charge in [-0.1, -0.05) is 42.5 Å². The van der Waals surface area contributed by atoms with E-state index in [1.54, 1.807) is 0 Å². The Labute approximate surface area is 91.4 Å². The lowest BCUT2D eigenvalue weighted by Crippen LogP contribution is -2.36. The van der Waals surface area contributed by atoms with Crippen LogP contribution in [-0.2, 0) is 6.54 Å². The quantitative estimate of drug-likeness (QED) is 0.662. The van der Waals surface area contributed by atoms with Crippen LogP contribution in [0.4, 0.5) is 0 Å². The van der Waals surface area contributed by atoms with E-state index in [0.717, 1.165) is 18.5 Å². The van der Waals surface area contributed by atoms with Crippen LogP contribution in [0.3, 0.4) is 0 Å². The number of hydrogen-bond acceptors (Lipinski definition) is 1. The summed E-state index contributed by atoms with van der Waals surface area (Å²) in [4.78, 5) is 2.62. The molecule has 15 heavy (non-hydrogen) atoms. The lowest BCUT2D eigenvalue weighted by atomic mass is 10.0. The van der Waals surface area contributed by atoms with E-state index in [9.17, 15) is 0 Å². The summed E-state index contributed by atoms with van der Waals surface area (Å²) < 4.78 is 0. The Balaban J connectivity index is 1.77. The fourth-order valence-electron chi connectivity index (χ4n) is 2.91. The fraction of sp³-hybridized carbons (Fsp3) is 0.429. The molecular formula is C14H17N. The summed E-state index contributed by atoms with van der Waals surface area (Å²) in [5.41, 5.74) is 1.44. The highest BCUT2D eigenvalue weighted by Crippen LogP contribution is 2.37. The van der Waals surface area contributed by atoms with Crippen molar-refractivity contribution in [1.82, 2.24) is 4.90 Å². The van der Waals surface area contributed by atoms with Gasteiger partial charge in [0.15, 0.2) is 0 Å². The number of nitrogens with zero attached hydrogens (tertiary/aromatic N) is 1. The van der Waals surface area contributed by atoms with E-state index in [1.165, 1.54) is 12.0 Å². The Morgan fingerprint density at radius 1 is 1.20 bits per heavy atom. The van der Waals surface area contributed by atoms with Crippen molar-refractivity contribution in [2.45, 2.75) is 32.0 Å². The average Bonchev–Trinajstić information content (AvgIpc) is 2.84. The van der Waals surface area contributed by atoms with Crippen molar-refractivity contribution in [3.63, 3.8) is 0 Å². The fourth-order valence-corrected chi connectivity index (χ4v) is 2.91. The zero-order chi connectivity index (χ0) is 10.3. The largest absolute Gasteiger partial charge is 0.289 e. The van der Waals surface area contributed by atoms with Crippen LogP contribution in [0.25, 0.3) is 0 Å². The summed E-state index contributed by atoms with van der Waals surface area (Å²) in [5.74, 6) is 0.804. The van der Waals surface area contributed by atoms with Crippen LogP contribution in [-0.4, -0.2) is 17.0 Å². The summed E-state index contributed by atoms with van der Waals surface area (Å²) >= 11 is 0. The molecule has 3 atom stereocenters. The van der Waals surface area contributed by atoms with Crippen LogP contribution in [0.5, 0.6) is 0 Å². The summed E-state index contributed by atoms with van der Waals surface area (Å²) in [6.45, 7) is 3.46. The van der Waals surface area contributed by atoms with Crippen molar-refractivity contribution >= 4 is 0 Å². The molecule has 1 unspecified atom stereocenters. The zero-order valence-electron chi connectivity index (χ0n) is 9.13. The van der Waals surface area contributed by atoms with Crippen LogP contribution < -0.4 is 0 Å². The summed E-state index contributed by atoms with van der Waals surface area (Å²) in [6, 6.07) is 12.2. The third kappa shape index (κ3) is 1.51. The second kappa shape index (κ2) is 3.49. The highest BCUT2D eigenvalue weighted by atomic mass is 15.2. The standard InChI is InChI=1S/C14H17N/c1-11-13-7-8-14(9-13)15(11)10-12-5-3-2-4-6-12/h2-8,11,13-14H,9-10H2,1H3/t11-,13?,14-/m0/s1. The highest BCUT2D eigenvalue weighted by Gasteiger charge is 2.39. The van der Waals surface area contributed by atoms with Crippen LogP contribution in [0.15, 0.2) is 42.5 Å². The minimum Gasteiger partial charge on any atom is -0.289 e. The highest BCUT2D eigenvalue weighted by molar-refractivity contribution is 5.20. The molecule has 1 nitrogen and oxygen atoms in total. The first-order chi connectivity index (χ1) is 7.34. The van der Waals surface area contributed by atoms with E-state index in [-0.39, 0.29) is 0 Å². The number of likely N-dealkylation sites (tertiary alicyclic amines) is 1. The molecule has 0 aromatic heterocycles. The van der Waals surface area contributed by atoms with Gasteiger partial charge in [-0.3, -0.25) is 4.90 Å². The maximum absolute atomic E-state index is 2.62. The van der Waals surface area contributed by atoms with Gasteiger partial charge in [0.1, 0.15) is 0 Å². The van der Waals surface area contributed by atoms with Crippen molar-refractivity contribution in [1.29, 1.82) is 0 Å². The molecule has 1 aliphatic heterocycles. The molecule has 0 radical (unpaired) electrons. The molecule has 2 bridgehead atoms. The van der Waals surface area contributed by atoms with E-state index in [2.05, 4.69) is 54.3 Å². The third-order valence-electron chi connectivity index (χ3n) is 3.87. The van der Waals surface area contributed by atoms with Crippen molar-refractivity contribution in [3.05, 3.63) is 48.0 Å². The monoisotopic (exact) mass is 199 g/mol. The van der Waals surface area contributed by atoms with Gasteiger partial charge in [-0.2, -0.15) is 0 Å². The minimum absolute atomic E-state index is 0.699. The lowest BCUT2D eigenvalue weighted by molar-refractivity contribution is 0.204. The molecule has 0 saturated carbocycles. The Morgan fingerprint density at radius 2 is 2.00 bits per heavy atom. The van der Waals surface area contributed by atoms with Gasteiger partial charge in [0.05, 0.1) is 0 Å². The molecule has 1 saturated heterocycles. The smallest absolute Gasteiger partial charge is 0.0291 e. The Kier molecular flexibility index (Phi) is 2.14. The predicted octanol–water partition coefficient (Wildman–Crippen LogP) is 2.84. The first-order valence-electron chi connectivity index (χ1n) is 5.82. The maximum Gasteiger partial charge on any atom is 0.0291 e. The van der Waals surface area contributed by atoms with E-state index < -0.39 is 0 Å². The molecule has 1 aliphatic carbocycles. The Bertz CT molecular complexity index is 368. The lowest BCUT2D eigenvalue weighted by Gasteiger charge is -2.29. The molecule has 2 aliphatic rings. The molecular weight excluding hydrogens is 182 g/mol. The van der Waals surface area contributed by atoms with Gasteiger partial charge in [0.25, 0.3) is 0 Å². The number of benzene rings is 1. The Morgan fingerprint density at radius 3 is 2.67 bits per heavy atom. The van der Waals surface area contributed by atoms with Crippen molar-refractivity contribution in [3.8, 4) is 0 Å². The first kappa shape index (κ1) is 9.17. The summed E-state index contributed by atoms with van der Waals surface area (Å²) in [6.07, 6.45) is 6.12. The summed E-state index contributed by atoms with van der Waals surface area (Å²) in [5, 5.41) is 0. The molecule has 78 valence electrons. The molecule has 3 rings (SSSR count).